The van der Waals surface area contributed by atoms with E-state index in [1.54, 1.807) is 0 Å². The van der Waals surface area contributed by atoms with E-state index < -0.39 is 5.60 Å². The third-order valence-corrected chi connectivity index (χ3v) is 9.33. The molecule has 0 amide bonds. The fourth-order valence-electron chi connectivity index (χ4n) is 7.50. The molecule has 3 heterocycles. The summed E-state index contributed by atoms with van der Waals surface area (Å²) in [5.41, 5.74) is 7.99. The van der Waals surface area contributed by atoms with Crippen molar-refractivity contribution in [2.75, 3.05) is 19.0 Å². The van der Waals surface area contributed by atoms with Crippen molar-refractivity contribution in [3.63, 3.8) is 0 Å². The van der Waals surface area contributed by atoms with Crippen LogP contribution in [0.2, 0.25) is 0 Å². The van der Waals surface area contributed by atoms with E-state index in [0.717, 1.165) is 46.2 Å². The molecule has 1 aliphatic heterocycles. The van der Waals surface area contributed by atoms with Crippen molar-refractivity contribution in [3.05, 3.63) is 125 Å². The molecule has 0 saturated heterocycles. The standard InChI is InChI=1S/C38H33N3O2/c1-5-40-31-15-9-7-12-26(31)29-22-24(18-20-33(29)40)38(36-28(37(42)43-38)14-11-17-35(36)39(3)4)25-19-21-34-30(23-25)27-13-8-10-16-32(27)41(34)6-2/h7-23H,5-6H2,1-4H3. The summed E-state index contributed by atoms with van der Waals surface area (Å²) in [6.07, 6.45) is 0. The maximum absolute atomic E-state index is 13.8. The van der Waals surface area contributed by atoms with E-state index in [9.17, 15) is 4.79 Å². The Hall–Kier alpha value is -5.03. The summed E-state index contributed by atoms with van der Waals surface area (Å²) in [5.74, 6) is -0.300. The summed E-state index contributed by atoms with van der Waals surface area (Å²) in [5, 5.41) is 4.71. The molecule has 0 N–H and O–H groups in total. The van der Waals surface area contributed by atoms with Gasteiger partial charge in [0.15, 0.2) is 5.60 Å². The molecule has 1 aliphatic rings. The van der Waals surface area contributed by atoms with Crippen LogP contribution in [0.1, 0.15) is 40.9 Å². The van der Waals surface area contributed by atoms with Crippen LogP contribution in [-0.2, 0) is 23.4 Å². The van der Waals surface area contributed by atoms with E-state index in [-0.39, 0.29) is 5.97 Å². The number of ether oxygens (including phenoxy) is 1. The molecule has 0 unspecified atom stereocenters. The number of benzene rings is 5. The monoisotopic (exact) mass is 563 g/mol. The molecule has 0 radical (unpaired) electrons. The number of nitrogens with zero attached hydrogens (tertiary/aromatic N) is 3. The van der Waals surface area contributed by atoms with Crippen LogP contribution in [0.25, 0.3) is 43.6 Å². The number of carbonyl (C=O) groups is 1. The molecule has 2 aromatic heterocycles. The molecule has 0 aliphatic carbocycles. The number of rotatable bonds is 5. The number of fused-ring (bicyclic) bond motifs is 7. The summed E-state index contributed by atoms with van der Waals surface area (Å²) >= 11 is 0. The van der Waals surface area contributed by atoms with Crippen molar-refractivity contribution < 1.29 is 9.53 Å². The largest absolute Gasteiger partial charge is 0.440 e. The first kappa shape index (κ1) is 25.7. The number of para-hydroxylation sites is 2. The van der Waals surface area contributed by atoms with Crippen LogP contribution in [-0.4, -0.2) is 29.2 Å². The minimum Gasteiger partial charge on any atom is -0.440 e. The highest BCUT2D eigenvalue weighted by Gasteiger charge is 2.50. The lowest BCUT2D eigenvalue weighted by atomic mass is 9.78. The van der Waals surface area contributed by atoms with Gasteiger partial charge in [-0.05, 0) is 62.4 Å². The van der Waals surface area contributed by atoms with Gasteiger partial charge in [0.05, 0.1) is 5.56 Å². The normalized spacial score (nSPS) is 14.2. The van der Waals surface area contributed by atoms with Crippen molar-refractivity contribution in [1.29, 1.82) is 0 Å². The lowest BCUT2D eigenvalue weighted by Crippen LogP contribution is -2.31. The Kier molecular flexibility index (Phi) is 5.51. The van der Waals surface area contributed by atoms with Crippen LogP contribution in [0.4, 0.5) is 5.69 Å². The number of hydrogen-bond acceptors (Lipinski definition) is 3. The minimum atomic E-state index is -1.12. The Labute approximate surface area is 250 Å². The van der Waals surface area contributed by atoms with E-state index in [0.29, 0.717) is 5.56 Å². The number of anilines is 1. The molecule has 0 bridgehead atoms. The highest BCUT2D eigenvalue weighted by atomic mass is 16.6. The van der Waals surface area contributed by atoms with Gasteiger partial charge in [-0.1, -0.05) is 54.6 Å². The van der Waals surface area contributed by atoms with Crippen LogP contribution >= 0.6 is 0 Å². The van der Waals surface area contributed by atoms with Gasteiger partial charge in [0.25, 0.3) is 0 Å². The summed E-state index contributed by atoms with van der Waals surface area (Å²) in [4.78, 5) is 15.9. The average molecular weight is 564 g/mol. The van der Waals surface area contributed by atoms with E-state index in [2.05, 4.69) is 119 Å². The van der Waals surface area contributed by atoms with Gasteiger partial charge < -0.3 is 18.8 Å². The Bertz CT molecular complexity index is 2130. The smallest absolute Gasteiger partial charge is 0.340 e. The fraction of sp³-hybridized carbons (Fsp3) is 0.184. The fourth-order valence-corrected chi connectivity index (χ4v) is 7.50. The predicted octanol–water partition coefficient (Wildman–Crippen LogP) is 8.47. The van der Waals surface area contributed by atoms with E-state index in [1.165, 1.54) is 32.8 Å². The number of aromatic nitrogens is 2. The topological polar surface area (TPSA) is 39.4 Å². The quantitative estimate of drug-likeness (QED) is 0.197. The van der Waals surface area contributed by atoms with Gasteiger partial charge in [0.1, 0.15) is 0 Å². The molecule has 0 atom stereocenters. The Morgan fingerprint density at radius 2 is 1.14 bits per heavy atom. The Morgan fingerprint density at radius 1 is 0.628 bits per heavy atom. The minimum absolute atomic E-state index is 0.300. The SMILES string of the molecule is CCn1c2ccccc2c2cc(C3(c4ccc5c(c4)c4ccccc4n5CC)OC(=O)c4cccc(N(C)C)c43)ccc21. The van der Waals surface area contributed by atoms with Crippen molar-refractivity contribution in [3.8, 4) is 0 Å². The molecule has 0 fully saturated rings. The lowest BCUT2D eigenvalue weighted by Gasteiger charge is -2.33. The van der Waals surface area contributed by atoms with Crippen molar-refractivity contribution in [1.82, 2.24) is 9.13 Å². The number of aryl methyl sites for hydroxylation is 2. The highest BCUT2D eigenvalue weighted by Crippen LogP contribution is 2.52. The Balaban J connectivity index is 1.50. The molecule has 8 rings (SSSR count). The summed E-state index contributed by atoms with van der Waals surface area (Å²) in [6, 6.07) is 36.2. The van der Waals surface area contributed by atoms with Gasteiger partial charge in [-0.15, -0.1) is 0 Å². The van der Waals surface area contributed by atoms with Gasteiger partial charge in [0, 0.05) is 93.2 Å². The molecule has 0 spiro atoms. The van der Waals surface area contributed by atoms with Gasteiger partial charge in [0.2, 0.25) is 0 Å². The van der Waals surface area contributed by atoms with Gasteiger partial charge in [-0.25, -0.2) is 4.79 Å². The van der Waals surface area contributed by atoms with Crippen LogP contribution < -0.4 is 4.90 Å². The summed E-state index contributed by atoms with van der Waals surface area (Å²) < 4.78 is 11.4. The first-order chi connectivity index (χ1) is 21.0. The highest BCUT2D eigenvalue weighted by molar-refractivity contribution is 6.10. The number of carbonyl (C=O) groups excluding carboxylic acids is 1. The lowest BCUT2D eigenvalue weighted by molar-refractivity contribution is 0.0253. The second-order valence-electron chi connectivity index (χ2n) is 11.7. The number of esters is 1. The molecular weight excluding hydrogens is 530 g/mol. The van der Waals surface area contributed by atoms with Crippen LogP contribution in [0.3, 0.4) is 0 Å². The van der Waals surface area contributed by atoms with Crippen molar-refractivity contribution in [2.24, 2.45) is 0 Å². The average Bonchev–Trinajstić information content (AvgIpc) is 3.65. The van der Waals surface area contributed by atoms with Crippen LogP contribution in [0.15, 0.2) is 103 Å². The van der Waals surface area contributed by atoms with Crippen LogP contribution in [0, 0.1) is 0 Å². The summed E-state index contributed by atoms with van der Waals surface area (Å²) in [6.45, 7) is 6.10. The van der Waals surface area contributed by atoms with E-state index in [1.807, 2.05) is 26.2 Å². The van der Waals surface area contributed by atoms with Gasteiger partial charge in [-0.3, -0.25) is 0 Å². The molecule has 212 valence electrons. The molecule has 5 heteroatoms. The zero-order valence-corrected chi connectivity index (χ0v) is 24.9. The summed E-state index contributed by atoms with van der Waals surface area (Å²) in [7, 11) is 4.05. The molecule has 5 aromatic carbocycles. The van der Waals surface area contributed by atoms with E-state index in [4.69, 9.17) is 4.74 Å². The molecular formula is C38H33N3O2. The van der Waals surface area contributed by atoms with Gasteiger partial charge >= 0.3 is 5.97 Å². The third-order valence-electron chi connectivity index (χ3n) is 9.33. The molecule has 43 heavy (non-hydrogen) atoms. The first-order valence-corrected chi connectivity index (χ1v) is 15.0. The zero-order chi connectivity index (χ0) is 29.5. The van der Waals surface area contributed by atoms with E-state index >= 15 is 0 Å². The maximum atomic E-state index is 13.8. The second kappa shape index (κ2) is 9.23. The first-order valence-electron chi connectivity index (χ1n) is 15.0. The molecule has 0 saturated carbocycles. The zero-order valence-electron chi connectivity index (χ0n) is 24.9. The molecule has 7 aromatic rings. The number of cyclic esters (lactones) is 1. The van der Waals surface area contributed by atoms with Crippen molar-refractivity contribution in [2.45, 2.75) is 32.5 Å². The number of hydrogen-bond donors (Lipinski definition) is 0. The predicted molar refractivity (Wildman–Crippen MR) is 176 cm³/mol. The van der Waals surface area contributed by atoms with Crippen LogP contribution in [0.5, 0.6) is 0 Å². The Morgan fingerprint density at radius 3 is 1.65 bits per heavy atom. The third kappa shape index (κ3) is 3.36. The second-order valence-corrected chi connectivity index (χ2v) is 11.7. The van der Waals surface area contributed by atoms with Crippen molar-refractivity contribution >= 4 is 55.3 Å². The molecule has 5 nitrogen and oxygen atoms in total. The van der Waals surface area contributed by atoms with Gasteiger partial charge in [-0.2, -0.15) is 0 Å². The maximum Gasteiger partial charge on any atom is 0.340 e.